The van der Waals surface area contributed by atoms with Crippen molar-refractivity contribution in [3.63, 3.8) is 0 Å². The zero-order valence-corrected chi connectivity index (χ0v) is 17.8. The molecule has 7 heteroatoms. The Balaban J connectivity index is 1.34. The molecule has 0 aromatic carbocycles. The first-order chi connectivity index (χ1) is 13.3. The lowest BCUT2D eigenvalue weighted by Gasteiger charge is -2.35. The van der Waals surface area contributed by atoms with Gasteiger partial charge in [0.05, 0.1) is 17.2 Å². The average molecular weight is 387 g/mol. The quantitative estimate of drug-likeness (QED) is 0.749. The molecule has 3 fully saturated rings. The number of aromatic nitrogens is 2. The second kappa shape index (κ2) is 7.49. The molecule has 2 aliphatic heterocycles. The molecule has 0 atom stereocenters. The number of piperidine rings is 1. The molecule has 1 saturated carbocycles. The fourth-order valence-electron chi connectivity index (χ4n) is 4.61. The Morgan fingerprint density at radius 2 is 1.64 bits per heavy atom. The van der Waals surface area contributed by atoms with Gasteiger partial charge in [0.25, 0.3) is 0 Å². The maximum absolute atomic E-state index is 12.8. The first-order valence-electron chi connectivity index (χ1n) is 11.0. The van der Waals surface area contributed by atoms with Crippen LogP contribution in [-0.4, -0.2) is 52.0 Å². The molecule has 3 heterocycles. The summed E-state index contributed by atoms with van der Waals surface area (Å²) in [5.41, 5.74) is 0.286. The summed E-state index contributed by atoms with van der Waals surface area (Å²) in [6.07, 6.45) is 11.7. The molecule has 1 aromatic rings. The number of amides is 1. The van der Waals surface area contributed by atoms with Gasteiger partial charge in [0.2, 0.25) is 5.91 Å². The lowest BCUT2D eigenvalue weighted by Crippen LogP contribution is -2.42. The minimum Gasteiger partial charge on any atom is -0.399 e. The molecular weight excluding hydrogens is 353 g/mol. The Morgan fingerprint density at radius 3 is 2.25 bits per heavy atom. The standard InChI is InChI=1S/C21H34BN3O3/c1-20(2)21(3,4)28-22(27-20)17-14-23-25(15-17)18-10-12-24(13-11-18)19(26)16-8-6-5-7-9-16/h14-16,18H,5-13H2,1-4H3. The average Bonchev–Trinajstić information content (AvgIpc) is 3.25. The molecule has 28 heavy (non-hydrogen) atoms. The topological polar surface area (TPSA) is 56.6 Å². The van der Waals surface area contributed by atoms with Crippen LogP contribution in [0.15, 0.2) is 12.4 Å². The van der Waals surface area contributed by atoms with Gasteiger partial charge in [-0.3, -0.25) is 9.48 Å². The van der Waals surface area contributed by atoms with Crippen molar-refractivity contribution in [2.24, 2.45) is 5.92 Å². The van der Waals surface area contributed by atoms with Crippen molar-refractivity contribution in [1.29, 1.82) is 0 Å². The van der Waals surface area contributed by atoms with Crippen LogP contribution in [0.4, 0.5) is 0 Å². The minimum atomic E-state index is -0.369. The molecule has 2 saturated heterocycles. The van der Waals surface area contributed by atoms with E-state index in [0.717, 1.165) is 44.2 Å². The number of carbonyl (C=O) groups is 1. The number of hydrogen-bond acceptors (Lipinski definition) is 4. The maximum Gasteiger partial charge on any atom is 0.498 e. The van der Waals surface area contributed by atoms with Crippen LogP contribution in [0, 0.1) is 5.92 Å². The highest BCUT2D eigenvalue weighted by atomic mass is 16.7. The summed E-state index contributed by atoms with van der Waals surface area (Å²) in [5, 5.41) is 4.59. The van der Waals surface area contributed by atoms with Crippen LogP contribution in [-0.2, 0) is 14.1 Å². The molecule has 3 aliphatic rings. The first-order valence-corrected chi connectivity index (χ1v) is 11.0. The van der Waals surface area contributed by atoms with Crippen molar-refractivity contribution < 1.29 is 14.1 Å². The van der Waals surface area contributed by atoms with E-state index in [9.17, 15) is 4.79 Å². The second-order valence-electron chi connectivity index (χ2n) is 9.73. The van der Waals surface area contributed by atoms with E-state index in [0.29, 0.717) is 11.9 Å². The van der Waals surface area contributed by atoms with Gasteiger partial charge in [-0.05, 0) is 53.4 Å². The summed E-state index contributed by atoms with van der Waals surface area (Å²) in [5.74, 6) is 0.654. The van der Waals surface area contributed by atoms with Crippen molar-refractivity contribution in [3.8, 4) is 0 Å². The summed E-state index contributed by atoms with van der Waals surface area (Å²) in [7, 11) is -0.369. The molecule has 1 aliphatic carbocycles. The minimum absolute atomic E-state index is 0.268. The van der Waals surface area contributed by atoms with Crippen LogP contribution in [0.25, 0.3) is 0 Å². The lowest BCUT2D eigenvalue weighted by atomic mass is 9.82. The van der Waals surface area contributed by atoms with Crippen molar-refractivity contribution in [2.45, 2.75) is 89.9 Å². The number of rotatable bonds is 3. The van der Waals surface area contributed by atoms with E-state index in [2.05, 4.69) is 43.9 Å². The molecule has 0 spiro atoms. The van der Waals surface area contributed by atoms with E-state index in [1.165, 1.54) is 19.3 Å². The Bertz CT molecular complexity index is 688. The largest absolute Gasteiger partial charge is 0.498 e. The van der Waals surface area contributed by atoms with Gasteiger partial charge in [0, 0.05) is 36.9 Å². The van der Waals surface area contributed by atoms with Crippen LogP contribution >= 0.6 is 0 Å². The van der Waals surface area contributed by atoms with Crippen molar-refractivity contribution in [3.05, 3.63) is 12.4 Å². The smallest absolute Gasteiger partial charge is 0.399 e. The summed E-state index contributed by atoms with van der Waals surface area (Å²) in [6, 6.07) is 0.339. The van der Waals surface area contributed by atoms with Gasteiger partial charge in [0.15, 0.2) is 0 Å². The summed E-state index contributed by atoms with van der Waals surface area (Å²) < 4.78 is 14.3. The molecule has 154 valence electrons. The number of carbonyl (C=O) groups excluding carboxylic acids is 1. The van der Waals surface area contributed by atoms with Crippen LogP contribution in [0.3, 0.4) is 0 Å². The van der Waals surface area contributed by atoms with Crippen molar-refractivity contribution in [2.75, 3.05) is 13.1 Å². The van der Waals surface area contributed by atoms with Gasteiger partial charge in [-0.25, -0.2) is 0 Å². The summed E-state index contributed by atoms with van der Waals surface area (Å²) in [6.45, 7) is 9.94. The molecule has 0 N–H and O–H groups in total. The number of hydrogen-bond donors (Lipinski definition) is 0. The van der Waals surface area contributed by atoms with Gasteiger partial charge in [-0.2, -0.15) is 5.10 Å². The highest BCUT2D eigenvalue weighted by Gasteiger charge is 2.52. The highest BCUT2D eigenvalue weighted by molar-refractivity contribution is 6.62. The molecule has 1 amide bonds. The zero-order chi connectivity index (χ0) is 19.9. The Hall–Kier alpha value is -1.34. The predicted molar refractivity (Wildman–Crippen MR) is 109 cm³/mol. The van der Waals surface area contributed by atoms with E-state index in [-0.39, 0.29) is 24.2 Å². The van der Waals surface area contributed by atoms with E-state index in [1.54, 1.807) is 0 Å². The molecular formula is C21H34BN3O3. The second-order valence-corrected chi connectivity index (χ2v) is 9.73. The SMILES string of the molecule is CC1(C)OB(c2cnn(C3CCN(C(=O)C4CCCCC4)CC3)c2)OC1(C)C. The fraction of sp³-hybridized carbons (Fsp3) is 0.810. The van der Waals surface area contributed by atoms with Crippen molar-refractivity contribution in [1.82, 2.24) is 14.7 Å². The Kier molecular flexibility index (Phi) is 5.34. The lowest BCUT2D eigenvalue weighted by molar-refractivity contribution is -0.137. The van der Waals surface area contributed by atoms with Crippen LogP contribution in [0.5, 0.6) is 0 Å². The van der Waals surface area contributed by atoms with Gasteiger partial charge >= 0.3 is 7.12 Å². The third kappa shape index (κ3) is 3.75. The summed E-state index contributed by atoms with van der Waals surface area (Å²) >= 11 is 0. The molecule has 4 rings (SSSR count). The highest BCUT2D eigenvalue weighted by Crippen LogP contribution is 2.36. The monoisotopic (exact) mass is 387 g/mol. The third-order valence-electron chi connectivity index (χ3n) is 7.25. The molecule has 0 bridgehead atoms. The zero-order valence-electron chi connectivity index (χ0n) is 17.8. The molecule has 6 nitrogen and oxygen atoms in total. The van der Waals surface area contributed by atoms with E-state index in [1.807, 2.05) is 10.9 Å². The number of nitrogens with zero attached hydrogens (tertiary/aromatic N) is 3. The van der Waals surface area contributed by atoms with Gasteiger partial charge in [-0.15, -0.1) is 0 Å². The van der Waals surface area contributed by atoms with E-state index >= 15 is 0 Å². The van der Waals surface area contributed by atoms with Crippen molar-refractivity contribution >= 4 is 18.5 Å². The van der Waals surface area contributed by atoms with Gasteiger partial charge in [-0.1, -0.05) is 19.3 Å². The van der Waals surface area contributed by atoms with Gasteiger partial charge in [0.1, 0.15) is 0 Å². The van der Waals surface area contributed by atoms with E-state index < -0.39 is 0 Å². The van der Waals surface area contributed by atoms with E-state index in [4.69, 9.17) is 9.31 Å². The molecule has 0 unspecified atom stereocenters. The third-order valence-corrected chi connectivity index (χ3v) is 7.25. The van der Waals surface area contributed by atoms with Crippen LogP contribution in [0.2, 0.25) is 0 Å². The van der Waals surface area contributed by atoms with Gasteiger partial charge < -0.3 is 14.2 Å². The predicted octanol–water partition coefficient (Wildman–Crippen LogP) is 2.93. The number of likely N-dealkylation sites (tertiary alicyclic amines) is 1. The Morgan fingerprint density at radius 1 is 1.04 bits per heavy atom. The fourth-order valence-corrected chi connectivity index (χ4v) is 4.61. The molecule has 0 radical (unpaired) electrons. The molecule has 1 aromatic heterocycles. The normalized spacial score (nSPS) is 26.0. The summed E-state index contributed by atoms with van der Waals surface area (Å²) in [4.78, 5) is 14.9. The maximum atomic E-state index is 12.8. The van der Waals surface area contributed by atoms with Crippen LogP contribution in [0.1, 0.15) is 78.7 Å². The Labute approximate surface area is 169 Å². The van der Waals surface area contributed by atoms with Crippen LogP contribution < -0.4 is 5.46 Å². The first kappa shape index (κ1) is 20.0.